The predicted molar refractivity (Wildman–Crippen MR) is 348 cm³/mol. The summed E-state index contributed by atoms with van der Waals surface area (Å²) in [6.45, 7) is 6.49. The van der Waals surface area contributed by atoms with E-state index in [4.69, 9.17) is 14.2 Å². The standard InChI is InChI=1S/C74H124O6/c1-4-7-10-13-16-19-21-23-25-27-29-31-33-34-35-36-37-38-39-40-42-43-45-47-49-51-53-55-58-61-64-67-73(76)79-70-71(69-78-72(75)66-63-60-57-18-15-12-9-6-3)80-74(77)68-65-62-59-56-54-52-50-48-46-44-41-32-30-28-26-24-22-20-17-14-11-8-5-2/h7,10,16,19,23,25,28-31,34-35,37-38,40,42,45,47,51,53,71H,4-6,8-9,11-15,17-18,20-22,24,26-27,32-33,36,39,41,43-44,46,48-50,52,54-70H2,1-3H3/b10-7-,19-16-,25-23-,30-28-,31-29-,35-34-,38-37-,42-40-,47-45-,53-51-. The van der Waals surface area contributed by atoms with Gasteiger partial charge in [0.25, 0.3) is 0 Å². The van der Waals surface area contributed by atoms with Crippen molar-refractivity contribution < 1.29 is 28.6 Å². The molecule has 0 aliphatic rings. The fourth-order valence-electron chi connectivity index (χ4n) is 9.20. The van der Waals surface area contributed by atoms with E-state index < -0.39 is 6.10 Å². The molecule has 0 aromatic carbocycles. The maximum atomic E-state index is 12.9. The Morgan fingerprint density at radius 2 is 0.487 bits per heavy atom. The molecular weight excluding hydrogens is 985 g/mol. The highest BCUT2D eigenvalue weighted by Crippen LogP contribution is 2.16. The summed E-state index contributed by atoms with van der Waals surface area (Å²) < 4.78 is 16.8. The second-order valence-corrected chi connectivity index (χ2v) is 22.0. The first-order chi connectivity index (χ1) is 39.5. The van der Waals surface area contributed by atoms with E-state index in [9.17, 15) is 14.4 Å². The Hall–Kier alpha value is -4.19. The quantitative estimate of drug-likeness (QED) is 0.0261. The summed E-state index contributed by atoms with van der Waals surface area (Å²) in [7, 11) is 0. The Bertz CT molecular complexity index is 1650. The molecule has 0 radical (unpaired) electrons. The largest absolute Gasteiger partial charge is 0.462 e. The summed E-state index contributed by atoms with van der Waals surface area (Å²) in [5.74, 6) is -0.922. The van der Waals surface area contributed by atoms with Crippen LogP contribution in [0.4, 0.5) is 0 Å². The lowest BCUT2D eigenvalue weighted by molar-refractivity contribution is -0.167. The van der Waals surface area contributed by atoms with Gasteiger partial charge in [0, 0.05) is 19.3 Å². The predicted octanol–water partition coefficient (Wildman–Crippen LogP) is 23.2. The van der Waals surface area contributed by atoms with Gasteiger partial charge in [-0.1, -0.05) is 296 Å². The van der Waals surface area contributed by atoms with Crippen LogP contribution >= 0.6 is 0 Å². The smallest absolute Gasteiger partial charge is 0.306 e. The minimum atomic E-state index is -0.793. The molecule has 0 fully saturated rings. The van der Waals surface area contributed by atoms with Crippen molar-refractivity contribution in [1.29, 1.82) is 0 Å². The van der Waals surface area contributed by atoms with E-state index >= 15 is 0 Å². The third-order valence-corrected chi connectivity index (χ3v) is 14.2. The molecule has 0 aromatic rings. The summed E-state index contributed by atoms with van der Waals surface area (Å²) in [6.07, 6.45) is 93.7. The van der Waals surface area contributed by atoms with Crippen molar-refractivity contribution in [3.63, 3.8) is 0 Å². The third kappa shape index (κ3) is 64.6. The summed E-state index contributed by atoms with van der Waals surface area (Å²) in [4.78, 5) is 38.2. The molecule has 1 atom stereocenters. The van der Waals surface area contributed by atoms with Gasteiger partial charge < -0.3 is 14.2 Å². The van der Waals surface area contributed by atoms with Crippen LogP contribution < -0.4 is 0 Å². The van der Waals surface area contributed by atoms with Crippen LogP contribution in [0.2, 0.25) is 0 Å². The zero-order chi connectivity index (χ0) is 57.8. The van der Waals surface area contributed by atoms with Crippen LogP contribution in [0.15, 0.2) is 122 Å². The minimum absolute atomic E-state index is 0.0887. The summed E-state index contributed by atoms with van der Waals surface area (Å²) >= 11 is 0. The van der Waals surface area contributed by atoms with Crippen LogP contribution in [-0.2, 0) is 28.6 Å². The number of carbonyl (C=O) groups excluding carboxylic acids is 3. The molecule has 0 bridgehead atoms. The van der Waals surface area contributed by atoms with Crippen LogP contribution in [0, 0.1) is 0 Å². The molecule has 0 rings (SSSR count). The van der Waals surface area contributed by atoms with Crippen LogP contribution in [-0.4, -0.2) is 37.2 Å². The number of hydrogen-bond donors (Lipinski definition) is 0. The molecule has 0 spiro atoms. The molecule has 6 nitrogen and oxygen atoms in total. The maximum absolute atomic E-state index is 12.9. The van der Waals surface area contributed by atoms with E-state index in [0.717, 1.165) is 122 Å². The highest BCUT2D eigenvalue weighted by atomic mass is 16.6. The van der Waals surface area contributed by atoms with Gasteiger partial charge in [0.1, 0.15) is 13.2 Å². The van der Waals surface area contributed by atoms with Crippen molar-refractivity contribution in [1.82, 2.24) is 0 Å². The van der Waals surface area contributed by atoms with Crippen LogP contribution in [0.5, 0.6) is 0 Å². The van der Waals surface area contributed by atoms with E-state index in [1.807, 2.05) is 0 Å². The number of unbranched alkanes of at least 4 members (excludes halogenated alkanes) is 29. The molecule has 0 aliphatic carbocycles. The number of carbonyl (C=O) groups is 3. The van der Waals surface area contributed by atoms with Crippen LogP contribution in [0.3, 0.4) is 0 Å². The zero-order valence-corrected chi connectivity index (χ0v) is 52.3. The first kappa shape index (κ1) is 75.8. The van der Waals surface area contributed by atoms with E-state index in [0.29, 0.717) is 19.3 Å². The zero-order valence-electron chi connectivity index (χ0n) is 52.3. The van der Waals surface area contributed by atoms with E-state index in [2.05, 4.69) is 142 Å². The highest BCUT2D eigenvalue weighted by Gasteiger charge is 2.19. The molecule has 0 heterocycles. The number of allylic oxidation sites excluding steroid dienone is 20. The highest BCUT2D eigenvalue weighted by molar-refractivity contribution is 5.71. The van der Waals surface area contributed by atoms with E-state index in [1.54, 1.807) is 0 Å². The van der Waals surface area contributed by atoms with Gasteiger partial charge in [-0.3, -0.25) is 14.4 Å². The Labute approximate surface area is 494 Å². The minimum Gasteiger partial charge on any atom is -0.462 e. The van der Waals surface area contributed by atoms with Gasteiger partial charge in [0.05, 0.1) is 0 Å². The van der Waals surface area contributed by atoms with Gasteiger partial charge >= 0.3 is 17.9 Å². The van der Waals surface area contributed by atoms with Gasteiger partial charge in [0.2, 0.25) is 0 Å². The van der Waals surface area contributed by atoms with Crippen molar-refractivity contribution in [3.8, 4) is 0 Å². The fourth-order valence-corrected chi connectivity index (χ4v) is 9.20. The van der Waals surface area contributed by atoms with Crippen molar-refractivity contribution in [2.45, 2.75) is 316 Å². The molecule has 6 heteroatoms. The second-order valence-electron chi connectivity index (χ2n) is 22.0. The monoisotopic (exact) mass is 1110 g/mol. The van der Waals surface area contributed by atoms with Gasteiger partial charge in [-0.05, 0) is 116 Å². The van der Waals surface area contributed by atoms with Crippen molar-refractivity contribution in [2.24, 2.45) is 0 Å². The van der Waals surface area contributed by atoms with E-state index in [-0.39, 0.29) is 31.1 Å². The Morgan fingerprint density at radius 3 is 0.787 bits per heavy atom. The molecule has 80 heavy (non-hydrogen) atoms. The lowest BCUT2D eigenvalue weighted by atomic mass is 10.0. The van der Waals surface area contributed by atoms with Crippen molar-refractivity contribution in [3.05, 3.63) is 122 Å². The molecule has 0 N–H and O–H groups in total. The number of ether oxygens (including phenoxy) is 3. The normalized spacial score (nSPS) is 12.9. The lowest BCUT2D eigenvalue weighted by Crippen LogP contribution is -2.30. The molecule has 0 saturated carbocycles. The first-order valence-corrected chi connectivity index (χ1v) is 33.5. The topological polar surface area (TPSA) is 78.9 Å². The Morgan fingerprint density at radius 1 is 0.263 bits per heavy atom. The average molecular weight is 1110 g/mol. The lowest BCUT2D eigenvalue weighted by Gasteiger charge is -2.18. The second kappa shape index (κ2) is 67.3. The third-order valence-electron chi connectivity index (χ3n) is 14.2. The van der Waals surface area contributed by atoms with Crippen molar-refractivity contribution >= 4 is 17.9 Å². The number of rotatable bonds is 60. The Balaban J connectivity index is 4.25. The first-order valence-electron chi connectivity index (χ1n) is 33.5. The molecule has 1 unspecified atom stereocenters. The van der Waals surface area contributed by atoms with Crippen LogP contribution in [0.1, 0.15) is 310 Å². The molecule has 0 saturated heterocycles. The molecule has 0 aromatic heterocycles. The van der Waals surface area contributed by atoms with Crippen molar-refractivity contribution in [2.75, 3.05) is 13.2 Å². The average Bonchev–Trinajstić information content (AvgIpc) is 3.46. The van der Waals surface area contributed by atoms with Crippen LogP contribution in [0.25, 0.3) is 0 Å². The number of hydrogen-bond acceptors (Lipinski definition) is 6. The van der Waals surface area contributed by atoms with Gasteiger partial charge in [-0.15, -0.1) is 0 Å². The molecular formula is C74H124O6. The Kier molecular flexibility index (Phi) is 63.8. The molecule has 0 amide bonds. The summed E-state index contributed by atoms with van der Waals surface area (Å²) in [5, 5.41) is 0. The summed E-state index contributed by atoms with van der Waals surface area (Å²) in [5.41, 5.74) is 0. The van der Waals surface area contributed by atoms with Gasteiger partial charge in [0.15, 0.2) is 6.10 Å². The van der Waals surface area contributed by atoms with E-state index in [1.165, 1.54) is 148 Å². The number of esters is 3. The van der Waals surface area contributed by atoms with Gasteiger partial charge in [-0.2, -0.15) is 0 Å². The fraction of sp³-hybridized carbons (Fsp3) is 0.689. The summed E-state index contributed by atoms with van der Waals surface area (Å²) in [6, 6.07) is 0. The maximum Gasteiger partial charge on any atom is 0.306 e. The van der Waals surface area contributed by atoms with Gasteiger partial charge in [-0.25, -0.2) is 0 Å². The molecule has 0 aliphatic heterocycles. The SMILES string of the molecule is CC/C=C\C/C=C\C/C=C\C/C=C\C/C=C\C/C=C\C/C=C\C/C=C\C/C=C\CCCCCC(=O)OCC(COC(=O)CCCCCCCCCC)OC(=O)CCCCCCCCCCCCC/C=C\CCCCCCCCCC. The molecule has 456 valence electrons.